The lowest BCUT2D eigenvalue weighted by atomic mass is 9.94. The second kappa shape index (κ2) is 8.30. The number of H-pyrrole nitrogens is 1. The van der Waals surface area contributed by atoms with E-state index in [0.29, 0.717) is 11.6 Å². The molecule has 1 aromatic heterocycles. The van der Waals surface area contributed by atoms with Crippen LogP contribution >= 0.6 is 0 Å². The first-order valence-electron chi connectivity index (χ1n) is 8.65. The first kappa shape index (κ1) is 16.2. The Morgan fingerprint density at radius 3 is 1.90 bits per heavy atom. The Bertz CT molecular complexity index is 469. The number of aromatic nitrogens is 3. The highest BCUT2D eigenvalue weighted by Gasteiger charge is 2.17. The highest BCUT2D eigenvalue weighted by Crippen LogP contribution is 2.27. The molecular formula is C17H29N3O. The van der Waals surface area contributed by atoms with Crippen LogP contribution < -0.4 is 5.56 Å². The van der Waals surface area contributed by atoms with Gasteiger partial charge in [0.25, 0.3) is 5.56 Å². The first-order chi connectivity index (χ1) is 10.2. The second-order valence-corrected chi connectivity index (χ2v) is 6.68. The highest BCUT2D eigenvalue weighted by atomic mass is 16.1. The van der Waals surface area contributed by atoms with E-state index < -0.39 is 0 Å². The molecule has 0 atom stereocenters. The number of aromatic amines is 1. The average Bonchev–Trinajstić information content (AvgIpc) is 2.52. The maximum atomic E-state index is 12.1. The van der Waals surface area contributed by atoms with Crippen molar-refractivity contribution in [2.75, 3.05) is 0 Å². The molecule has 0 aromatic carbocycles. The van der Waals surface area contributed by atoms with Crippen molar-refractivity contribution in [1.82, 2.24) is 15.2 Å². The molecule has 0 aliphatic heterocycles. The van der Waals surface area contributed by atoms with Gasteiger partial charge in [0.2, 0.25) is 0 Å². The lowest BCUT2D eigenvalue weighted by molar-refractivity contribution is 0.484. The Morgan fingerprint density at radius 2 is 1.43 bits per heavy atom. The first-order valence-corrected chi connectivity index (χ1v) is 8.65. The van der Waals surface area contributed by atoms with Crippen molar-refractivity contribution in [2.24, 2.45) is 0 Å². The molecular weight excluding hydrogens is 262 g/mol. The molecule has 1 heterocycles. The van der Waals surface area contributed by atoms with Gasteiger partial charge in [-0.05, 0) is 12.8 Å². The third-order valence-electron chi connectivity index (χ3n) is 4.53. The van der Waals surface area contributed by atoms with Gasteiger partial charge in [-0.2, -0.15) is 0 Å². The number of hydrogen-bond acceptors (Lipinski definition) is 3. The fourth-order valence-electron chi connectivity index (χ4n) is 3.18. The monoisotopic (exact) mass is 291 g/mol. The zero-order chi connectivity index (χ0) is 15.1. The Kier molecular flexibility index (Phi) is 6.40. The summed E-state index contributed by atoms with van der Waals surface area (Å²) in [4.78, 5) is 15.1. The lowest BCUT2D eigenvalue weighted by Crippen LogP contribution is -2.22. The number of hydrogen-bond donors (Lipinski definition) is 1. The zero-order valence-electron chi connectivity index (χ0n) is 13.5. The summed E-state index contributed by atoms with van der Waals surface area (Å²) in [6, 6.07) is 0. The van der Waals surface area contributed by atoms with Crippen LogP contribution in [0.4, 0.5) is 0 Å². The smallest absolute Gasteiger partial charge is 0.273 e. The van der Waals surface area contributed by atoms with Crippen LogP contribution in [-0.2, 0) is 0 Å². The minimum Gasteiger partial charge on any atom is -0.307 e. The van der Waals surface area contributed by atoms with Crippen molar-refractivity contribution in [2.45, 2.75) is 89.9 Å². The van der Waals surface area contributed by atoms with Crippen molar-refractivity contribution >= 4 is 0 Å². The molecule has 1 aromatic rings. The topological polar surface area (TPSA) is 58.6 Å². The molecule has 21 heavy (non-hydrogen) atoms. The van der Waals surface area contributed by atoms with Crippen LogP contribution in [0.3, 0.4) is 0 Å². The molecule has 0 radical (unpaired) electrons. The van der Waals surface area contributed by atoms with Gasteiger partial charge >= 0.3 is 0 Å². The lowest BCUT2D eigenvalue weighted by Gasteiger charge is -2.15. The molecule has 118 valence electrons. The summed E-state index contributed by atoms with van der Waals surface area (Å²) in [5.41, 5.74) is 0.500. The minimum atomic E-state index is -0.0516. The largest absolute Gasteiger partial charge is 0.307 e. The molecule has 0 spiro atoms. The van der Waals surface area contributed by atoms with Crippen LogP contribution in [0.5, 0.6) is 0 Å². The summed E-state index contributed by atoms with van der Waals surface area (Å²) in [6.45, 7) is 3.96. The average molecular weight is 291 g/mol. The van der Waals surface area contributed by atoms with Gasteiger partial charge in [0.15, 0.2) is 0 Å². The van der Waals surface area contributed by atoms with Crippen molar-refractivity contribution in [1.29, 1.82) is 0 Å². The van der Waals surface area contributed by atoms with Crippen molar-refractivity contribution in [3.63, 3.8) is 0 Å². The van der Waals surface area contributed by atoms with Gasteiger partial charge in [0.1, 0.15) is 11.5 Å². The fourth-order valence-corrected chi connectivity index (χ4v) is 3.18. The third kappa shape index (κ3) is 4.94. The van der Waals surface area contributed by atoms with Gasteiger partial charge in [0, 0.05) is 11.8 Å². The molecule has 4 heteroatoms. The van der Waals surface area contributed by atoms with Gasteiger partial charge < -0.3 is 4.98 Å². The third-order valence-corrected chi connectivity index (χ3v) is 4.53. The number of nitrogens with one attached hydrogen (secondary N) is 1. The van der Waals surface area contributed by atoms with Gasteiger partial charge in [-0.15, -0.1) is 10.2 Å². The van der Waals surface area contributed by atoms with E-state index in [0.717, 1.165) is 18.7 Å². The van der Waals surface area contributed by atoms with E-state index in [9.17, 15) is 4.79 Å². The molecule has 0 saturated heterocycles. The number of nitrogens with zero attached hydrogens (tertiary/aromatic N) is 2. The Morgan fingerprint density at radius 1 is 0.905 bits per heavy atom. The molecule has 1 saturated carbocycles. The van der Waals surface area contributed by atoms with E-state index in [2.05, 4.69) is 15.2 Å². The molecule has 1 aliphatic rings. The Hall–Kier alpha value is -1.19. The van der Waals surface area contributed by atoms with E-state index in [-0.39, 0.29) is 11.5 Å². The van der Waals surface area contributed by atoms with E-state index in [1.54, 1.807) is 0 Å². The maximum Gasteiger partial charge on any atom is 0.273 e. The summed E-state index contributed by atoms with van der Waals surface area (Å²) in [5.74, 6) is 1.32. The van der Waals surface area contributed by atoms with Crippen LogP contribution in [0, 0.1) is 0 Å². The van der Waals surface area contributed by atoms with Crippen LogP contribution in [0.25, 0.3) is 0 Å². The van der Waals surface area contributed by atoms with Crippen molar-refractivity contribution < 1.29 is 0 Å². The van der Waals surface area contributed by atoms with E-state index >= 15 is 0 Å². The predicted molar refractivity (Wildman–Crippen MR) is 85.7 cm³/mol. The van der Waals surface area contributed by atoms with E-state index in [1.165, 1.54) is 51.4 Å². The highest BCUT2D eigenvalue weighted by molar-refractivity contribution is 5.03. The SMILES string of the molecule is CC(C)c1nnc(C2CCCCCCCCCC2)[nH]c1=O. The summed E-state index contributed by atoms with van der Waals surface area (Å²) < 4.78 is 0. The van der Waals surface area contributed by atoms with Gasteiger partial charge in [-0.25, -0.2) is 0 Å². The number of rotatable bonds is 2. The minimum absolute atomic E-state index is 0.0516. The van der Waals surface area contributed by atoms with Crippen LogP contribution in [0.2, 0.25) is 0 Å². The molecule has 0 unspecified atom stereocenters. The molecule has 0 amide bonds. The van der Waals surface area contributed by atoms with Gasteiger partial charge in [-0.1, -0.05) is 65.2 Å². The quantitative estimate of drug-likeness (QED) is 0.884. The summed E-state index contributed by atoms with van der Waals surface area (Å²) in [6.07, 6.45) is 12.8. The summed E-state index contributed by atoms with van der Waals surface area (Å²) >= 11 is 0. The Balaban J connectivity index is 2.08. The molecule has 1 aliphatic carbocycles. The normalized spacial score (nSPS) is 19.4. The fraction of sp³-hybridized carbons (Fsp3) is 0.824. The van der Waals surface area contributed by atoms with Crippen LogP contribution in [0.15, 0.2) is 4.79 Å². The van der Waals surface area contributed by atoms with Crippen molar-refractivity contribution in [3.8, 4) is 0 Å². The summed E-state index contributed by atoms with van der Waals surface area (Å²) in [5, 5.41) is 8.50. The van der Waals surface area contributed by atoms with E-state index in [1.807, 2.05) is 13.8 Å². The van der Waals surface area contributed by atoms with Crippen LogP contribution in [-0.4, -0.2) is 15.2 Å². The summed E-state index contributed by atoms with van der Waals surface area (Å²) in [7, 11) is 0. The van der Waals surface area contributed by atoms with Gasteiger partial charge in [0.05, 0.1) is 0 Å². The molecule has 2 rings (SSSR count). The standard InChI is InChI=1S/C17H29N3O/c1-13(2)15-17(21)18-16(20-19-15)14-11-9-7-5-3-4-6-8-10-12-14/h13-14H,3-12H2,1-2H3,(H,18,20,21). The van der Waals surface area contributed by atoms with E-state index in [4.69, 9.17) is 0 Å². The van der Waals surface area contributed by atoms with Gasteiger partial charge in [-0.3, -0.25) is 4.79 Å². The predicted octanol–water partition coefficient (Wildman–Crippen LogP) is 4.29. The van der Waals surface area contributed by atoms with Crippen molar-refractivity contribution in [3.05, 3.63) is 21.9 Å². The molecule has 1 N–H and O–H groups in total. The molecule has 0 bridgehead atoms. The maximum absolute atomic E-state index is 12.1. The zero-order valence-corrected chi connectivity index (χ0v) is 13.5. The van der Waals surface area contributed by atoms with Crippen LogP contribution in [0.1, 0.15) is 101 Å². The molecule has 1 fully saturated rings. The molecule has 4 nitrogen and oxygen atoms in total. The second-order valence-electron chi connectivity index (χ2n) is 6.68. The Labute approximate surface area is 127 Å².